The first-order valence-corrected chi connectivity index (χ1v) is 9.10. The topological polar surface area (TPSA) is 69.8 Å². The number of aromatic nitrogens is 4. The van der Waals surface area contributed by atoms with Gasteiger partial charge in [0.2, 0.25) is 0 Å². The predicted octanol–water partition coefficient (Wildman–Crippen LogP) is 2.56. The molecule has 4 rings (SSSR count). The third-order valence-electron chi connectivity index (χ3n) is 4.25. The molecule has 4 aromatic heterocycles. The Bertz CT molecular complexity index is 1190. The number of fused-ring (bicyclic) bond motifs is 1. The van der Waals surface area contributed by atoms with Crippen LogP contribution in [-0.4, -0.2) is 19.1 Å². The van der Waals surface area contributed by atoms with Crippen LogP contribution >= 0.6 is 11.3 Å². The van der Waals surface area contributed by atoms with Gasteiger partial charge in [-0.25, -0.2) is 14.3 Å². The Hall–Kier alpha value is -3.06. The van der Waals surface area contributed by atoms with Crippen molar-refractivity contribution in [3.63, 3.8) is 0 Å². The number of pyridine rings is 2. The standard InChI is InChI=1S/C19H16N4O2S/c1-13-8-12-26-18(13)23-16-15(6-4-10-21-16)17(24)22(19(23)25)11-7-14-5-2-3-9-20-14/h2-6,8-10,12H,7,11H2,1H3. The first-order valence-electron chi connectivity index (χ1n) is 8.22. The summed E-state index contributed by atoms with van der Waals surface area (Å²) in [5, 5.41) is 3.14. The smallest absolute Gasteiger partial charge is 0.268 e. The molecule has 4 heterocycles. The summed E-state index contributed by atoms with van der Waals surface area (Å²) < 4.78 is 2.81. The van der Waals surface area contributed by atoms with E-state index in [1.54, 1.807) is 24.5 Å². The monoisotopic (exact) mass is 364 g/mol. The van der Waals surface area contributed by atoms with Gasteiger partial charge in [-0.3, -0.25) is 14.3 Å². The molecule has 0 bridgehead atoms. The quantitative estimate of drug-likeness (QED) is 0.558. The molecule has 0 aliphatic carbocycles. The molecule has 0 amide bonds. The van der Waals surface area contributed by atoms with Gasteiger partial charge in [0.1, 0.15) is 5.00 Å². The Kier molecular flexibility index (Phi) is 4.22. The molecular weight excluding hydrogens is 348 g/mol. The Morgan fingerprint density at radius 3 is 2.62 bits per heavy atom. The summed E-state index contributed by atoms with van der Waals surface area (Å²) in [6.07, 6.45) is 3.81. The van der Waals surface area contributed by atoms with Crippen molar-refractivity contribution in [1.82, 2.24) is 19.1 Å². The second kappa shape index (κ2) is 6.68. The number of hydrogen-bond acceptors (Lipinski definition) is 5. The zero-order chi connectivity index (χ0) is 18.1. The number of rotatable bonds is 4. The minimum absolute atomic E-state index is 0.268. The van der Waals surface area contributed by atoms with Gasteiger partial charge in [0.25, 0.3) is 5.56 Å². The minimum atomic E-state index is -0.373. The average molecular weight is 364 g/mol. The molecule has 7 heteroatoms. The van der Waals surface area contributed by atoms with Gasteiger partial charge in [-0.05, 0) is 48.2 Å². The molecule has 0 saturated carbocycles. The molecule has 0 aromatic carbocycles. The summed E-state index contributed by atoms with van der Waals surface area (Å²) in [5.41, 5.74) is 1.51. The number of hydrogen-bond donors (Lipinski definition) is 0. The van der Waals surface area contributed by atoms with Crippen LogP contribution in [0.1, 0.15) is 11.3 Å². The minimum Gasteiger partial charge on any atom is -0.268 e. The molecular formula is C19H16N4O2S. The lowest BCUT2D eigenvalue weighted by Gasteiger charge is -2.12. The zero-order valence-corrected chi connectivity index (χ0v) is 14.9. The molecule has 0 fully saturated rings. The van der Waals surface area contributed by atoms with Crippen LogP contribution in [-0.2, 0) is 13.0 Å². The van der Waals surface area contributed by atoms with Crippen molar-refractivity contribution in [3.8, 4) is 5.00 Å². The third kappa shape index (κ3) is 2.76. The summed E-state index contributed by atoms with van der Waals surface area (Å²) in [6.45, 7) is 2.21. The van der Waals surface area contributed by atoms with E-state index in [0.717, 1.165) is 16.3 Å². The molecule has 0 N–H and O–H groups in total. The second-order valence-electron chi connectivity index (χ2n) is 5.93. The maximum absolute atomic E-state index is 13.1. The van der Waals surface area contributed by atoms with Crippen LogP contribution in [0.25, 0.3) is 16.0 Å². The molecule has 26 heavy (non-hydrogen) atoms. The highest BCUT2D eigenvalue weighted by atomic mass is 32.1. The molecule has 0 saturated heterocycles. The fraction of sp³-hybridized carbons (Fsp3) is 0.158. The van der Waals surface area contributed by atoms with E-state index in [1.165, 1.54) is 20.5 Å². The van der Waals surface area contributed by atoms with Crippen molar-refractivity contribution in [3.05, 3.63) is 86.3 Å². The largest absolute Gasteiger partial charge is 0.337 e. The van der Waals surface area contributed by atoms with Gasteiger partial charge in [-0.1, -0.05) is 6.07 Å². The summed E-state index contributed by atoms with van der Waals surface area (Å²) in [5.74, 6) is 0. The van der Waals surface area contributed by atoms with E-state index in [-0.39, 0.29) is 17.8 Å². The van der Waals surface area contributed by atoms with Gasteiger partial charge >= 0.3 is 5.69 Å². The van der Waals surface area contributed by atoms with Gasteiger partial charge in [0.05, 0.1) is 5.39 Å². The van der Waals surface area contributed by atoms with E-state index in [4.69, 9.17) is 0 Å². The van der Waals surface area contributed by atoms with Crippen molar-refractivity contribution in [2.24, 2.45) is 0 Å². The SMILES string of the molecule is Cc1ccsc1-n1c(=O)n(CCc2ccccn2)c(=O)c2cccnc21. The Morgan fingerprint density at radius 1 is 1.04 bits per heavy atom. The highest BCUT2D eigenvalue weighted by Crippen LogP contribution is 2.21. The molecule has 0 aliphatic rings. The van der Waals surface area contributed by atoms with Crippen LogP contribution < -0.4 is 11.2 Å². The van der Waals surface area contributed by atoms with Crippen molar-refractivity contribution in [2.75, 3.05) is 0 Å². The summed E-state index contributed by atoms with van der Waals surface area (Å²) in [6, 6.07) is 11.0. The lowest BCUT2D eigenvalue weighted by Crippen LogP contribution is -2.40. The summed E-state index contributed by atoms with van der Waals surface area (Å²) in [7, 11) is 0. The van der Waals surface area contributed by atoms with Crippen LogP contribution in [0, 0.1) is 6.92 Å². The van der Waals surface area contributed by atoms with Gasteiger partial charge in [0, 0.05) is 31.1 Å². The Morgan fingerprint density at radius 2 is 1.88 bits per heavy atom. The van der Waals surface area contributed by atoms with E-state index in [2.05, 4.69) is 9.97 Å². The molecule has 0 spiro atoms. The van der Waals surface area contributed by atoms with Gasteiger partial charge in [0.15, 0.2) is 5.65 Å². The van der Waals surface area contributed by atoms with Crippen molar-refractivity contribution in [1.29, 1.82) is 0 Å². The maximum atomic E-state index is 13.1. The van der Waals surface area contributed by atoms with E-state index in [9.17, 15) is 9.59 Å². The van der Waals surface area contributed by atoms with Crippen LogP contribution in [0.15, 0.2) is 63.8 Å². The second-order valence-corrected chi connectivity index (χ2v) is 6.82. The molecule has 0 radical (unpaired) electrons. The summed E-state index contributed by atoms with van der Waals surface area (Å²) in [4.78, 5) is 34.6. The third-order valence-corrected chi connectivity index (χ3v) is 5.25. The average Bonchev–Trinajstić information content (AvgIpc) is 3.08. The van der Waals surface area contributed by atoms with Crippen molar-refractivity contribution < 1.29 is 0 Å². The fourth-order valence-electron chi connectivity index (χ4n) is 2.93. The molecule has 6 nitrogen and oxygen atoms in total. The zero-order valence-electron chi connectivity index (χ0n) is 14.1. The molecule has 0 aliphatic heterocycles. The highest BCUT2D eigenvalue weighted by molar-refractivity contribution is 7.12. The molecule has 0 atom stereocenters. The van der Waals surface area contributed by atoms with E-state index < -0.39 is 0 Å². The van der Waals surface area contributed by atoms with Crippen LogP contribution in [0.5, 0.6) is 0 Å². The number of thiophene rings is 1. The van der Waals surface area contributed by atoms with E-state index in [1.807, 2.05) is 36.6 Å². The van der Waals surface area contributed by atoms with Crippen LogP contribution in [0.3, 0.4) is 0 Å². The molecule has 130 valence electrons. The van der Waals surface area contributed by atoms with Gasteiger partial charge in [-0.15, -0.1) is 11.3 Å². The highest BCUT2D eigenvalue weighted by Gasteiger charge is 2.17. The normalized spacial score (nSPS) is 11.1. The number of aryl methyl sites for hydroxylation is 2. The first-order chi connectivity index (χ1) is 12.7. The Labute approximate surface area is 153 Å². The molecule has 0 unspecified atom stereocenters. The van der Waals surface area contributed by atoms with Crippen molar-refractivity contribution >= 4 is 22.4 Å². The number of nitrogens with zero attached hydrogens (tertiary/aromatic N) is 4. The fourth-order valence-corrected chi connectivity index (χ4v) is 3.86. The lowest BCUT2D eigenvalue weighted by molar-refractivity contribution is 0.613. The maximum Gasteiger partial charge on any atom is 0.337 e. The summed E-state index contributed by atoms with van der Waals surface area (Å²) >= 11 is 1.46. The predicted molar refractivity (Wildman–Crippen MR) is 102 cm³/mol. The first kappa shape index (κ1) is 16.4. The van der Waals surface area contributed by atoms with Crippen LogP contribution in [0.2, 0.25) is 0 Å². The molecule has 4 aromatic rings. The van der Waals surface area contributed by atoms with Crippen molar-refractivity contribution in [2.45, 2.75) is 19.9 Å². The van der Waals surface area contributed by atoms with Crippen LogP contribution in [0.4, 0.5) is 0 Å². The van der Waals surface area contributed by atoms with Gasteiger partial charge in [-0.2, -0.15) is 0 Å². The van der Waals surface area contributed by atoms with Gasteiger partial charge < -0.3 is 0 Å². The lowest BCUT2D eigenvalue weighted by atomic mass is 10.2. The van der Waals surface area contributed by atoms with E-state index >= 15 is 0 Å². The Balaban J connectivity index is 1.92. The van der Waals surface area contributed by atoms with E-state index in [0.29, 0.717) is 17.5 Å².